The van der Waals surface area contributed by atoms with Crippen LogP contribution in [-0.2, 0) is 33.3 Å². The third-order valence-corrected chi connectivity index (χ3v) is 14.1. The molecule has 0 heterocycles. The first-order valence-electron chi connectivity index (χ1n) is 31.8. The van der Waals surface area contributed by atoms with Crippen molar-refractivity contribution in [3.63, 3.8) is 0 Å². The predicted molar refractivity (Wildman–Crippen MR) is 318 cm³/mol. The number of carbonyl (C=O) groups excluding carboxylic acids is 2. The Morgan fingerprint density at radius 2 is 0.760 bits per heavy atom. The van der Waals surface area contributed by atoms with Gasteiger partial charge in [-0.25, -0.2) is 4.79 Å². The molecule has 0 fully saturated rings. The lowest BCUT2D eigenvalue weighted by Gasteiger charge is -2.25. The summed E-state index contributed by atoms with van der Waals surface area (Å²) < 4.78 is 22.9. The Hall–Kier alpha value is -2.75. The maximum absolute atomic E-state index is 12.9. The van der Waals surface area contributed by atoms with Crippen LogP contribution in [0, 0.1) is 0 Å². The summed E-state index contributed by atoms with van der Waals surface area (Å²) in [7, 11) is 5.98. The van der Waals surface area contributed by atoms with Crippen LogP contribution in [0.25, 0.3) is 0 Å². The second-order valence-corrected chi connectivity index (χ2v) is 22.7. The Morgan fingerprint density at radius 3 is 1.13 bits per heavy atom. The zero-order chi connectivity index (χ0) is 54.8. The van der Waals surface area contributed by atoms with E-state index in [-0.39, 0.29) is 38.2 Å². The molecule has 2 unspecified atom stereocenters. The van der Waals surface area contributed by atoms with Crippen LogP contribution in [0.3, 0.4) is 0 Å². The number of carboxylic acid groups (broad SMARTS) is 1. The normalized spacial score (nSPS) is 13.0. The van der Waals surface area contributed by atoms with Crippen LogP contribution in [0.2, 0.25) is 0 Å². The van der Waals surface area contributed by atoms with Gasteiger partial charge < -0.3 is 28.5 Å². The number of esters is 2. The van der Waals surface area contributed by atoms with Gasteiger partial charge in [0.25, 0.3) is 6.29 Å². The number of likely N-dealkylation sites (N-methyl/N-ethyl adjacent to an activating group) is 1. The van der Waals surface area contributed by atoms with Gasteiger partial charge in [-0.05, 0) is 51.4 Å². The molecule has 0 aromatic rings. The average molecular weight is 1060 g/mol. The Morgan fingerprint density at radius 1 is 0.413 bits per heavy atom. The van der Waals surface area contributed by atoms with E-state index in [1.165, 1.54) is 205 Å². The van der Waals surface area contributed by atoms with Crippen LogP contribution in [0.15, 0.2) is 48.6 Å². The van der Waals surface area contributed by atoms with Crippen molar-refractivity contribution >= 4 is 17.9 Å². The molecular weight excluding hydrogens is 935 g/mol. The van der Waals surface area contributed by atoms with Gasteiger partial charge in [-0.1, -0.05) is 281 Å². The van der Waals surface area contributed by atoms with E-state index in [4.69, 9.17) is 18.9 Å². The molecule has 9 heteroatoms. The van der Waals surface area contributed by atoms with Gasteiger partial charge in [0.1, 0.15) is 13.2 Å². The summed E-state index contributed by atoms with van der Waals surface area (Å²) in [5.74, 6) is -1.98. The highest BCUT2D eigenvalue weighted by Crippen LogP contribution is 2.18. The van der Waals surface area contributed by atoms with Crippen LogP contribution in [0.1, 0.15) is 296 Å². The number of hydrogen-bond acceptors (Lipinski definition) is 7. The third-order valence-electron chi connectivity index (χ3n) is 14.1. The number of hydrogen-bond donors (Lipinski definition) is 1. The molecule has 0 bridgehead atoms. The smallest absolute Gasteiger partial charge is 0.361 e. The van der Waals surface area contributed by atoms with E-state index >= 15 is 0 Å². The second kappa shape index (κ2) is 57.4. The molecule has 0 saturated carbocycles. The lowest BCUT2D eigenvalue weighted by Crippen LogP contribution is -2.40. The van der Waals surface area contributed by atoms with Crippen LogP contribution in [-0.4, -0.2) is 87.4 Å². The monoisotopic (exact) mass is 1060 g/mol. The zero-order valence-corrected chi connectivity index (χ0v) is 50.0. The number of unbranched alkanes of at least 4 members (excludes halogenated alkanes) is 36. The molecular formula is C66H122NO8+. The molecule has 75 heavy (non-hydrogen) atoms. The maximum Gasteiger partial charge on any atom is 0.361 e. The number of aliphatic carboxylic acids is 1. The number of allylic oxidation sites excluding steroid dienone is 8. The number of quaternary nitrogens is 1. The Kier molecular flexibility index (Phi) is 55.3. The number of rotatable bonds is 59. The SMILES string of the molecule is CC/C=C\C/C=C\C/C=C\C/C=C\CCCCCCCCCCCCCCCCCCCCC(=O)OC(COC(=O)CCCCCCCCCCCCCCCCCCCCC)COC(OCC[N+](C)(C)C)C(=O)O. The molecule has 438 valence electrons. The molecule has 0 radical (unpaired) electrons. The molecule has 0 aliphatic heterocycles. The van der Waals surface area contributed by atoms with Gasteiger partial charge in [0, 0.05) is 12.8 Å². The predicted octanol–water partition coefficient (Wildman–Crippen LogP) is 19.0. The lowest BCUT2D eigenvalue weighted by molar-refractivity contribution is -0.870. The topological polar surface area (TPSA) is 108 Å². The summed E-state index contributed by atoms with van der Waals surface area (Å²) in [5.41, 5.74) is 0. The quantitative estimate of drug-likeness (QED) is 0.0211. The summed E-state index contributed by atoms with van der Waals surface area (Å²) in [5, 5.41) is 9.72. The van der Waals surface area contributed by atoms with Crippen LogP contribution in [0.4, 0.5) is 0 Å². The Labute approximate surface area is 463 Å². The number of carboxylic acids is 1. The van der Waals surface area contributed by atoms with Crippen molar-refractivity contribution in [3.8, 4) is 0 Å². The van der Waals surface area contributed by atoms with E-state index in [1.807, 2.05) is 21.1 Å². The van der Waals surface area contributed by atoms with E-state index in [1.54, 1.807) is 0 Å². The van der Waals surface area contributed by atoms with Crippen LogP contribution in [0.5, 0.6) is 0 Å². The number of ether oxygens (including phenoxy) is 4. The molecule has 0 saturated heterocycles. The van der Waals surface area contributed by atoms with E-state index in [0.29, 0.717) is 17.4 Å². The van der Waals surface area contributed by atoms with Crippen molar-refractivity contribution in [2.24, 2.45) is 0 Å². The fraction of sp³-hybridized carbons (Fsp3) is 0.833. The Balaban J connectivity index is 4.11. The summed E-state index contributed by atoms with van der Waals surface area (Å²) in [6.45, 7) is 4.82. The van der Waals surface area contributed by atoms with Gasteiger partial charge >= 0.3 is 17.9 Å². The molecule has 0 aromatic carbocycles. The first kappa shape index (κ1) is 72.2. The van der Waals surface area contributed by atoms with Crippen LogP contribution < -0.4 is 0 Å². The molecule has 9 nitrogen and oxygen atoms in total. The first-order chi connectivity index (χ1) is 36.6. The second-order valence-electron chi connectivity index (χ2n) is 22.7. The molecule has 1 N–H and O–H groups in total. The van der Waals surface area contributed by atoms with Crippen molar-refractivity contribution in [2.75, 3.05) is 47.5 Å². The molecule has 0 rings (SSSR count). The van der Waals surface area contributed by atoms with Crippen molar-refractivity contribution in [2.45, 2.75) is 309 Å². The molecule has 0 amide bonds. The van der Waals surface area contributed by atoms with Gasteiger partial charge in [0.2, 0.25) is 0 Å². The minimum atomic E-state index is -1.51. The molecule has 0 aromatic heterocycles. The lowest BCUT2D eigenvalue weighted by atomic mass is 10.0. The number of nitrogens with zero attached hydrogens (tertiary/aromatic N) is 1. The van der Waals surface area contributed by atoms with Gasteiger partial charge in [-0.15, -0.1) is 0 Å². The largest absolute Gasteiger partial charge is 0.477 e. The highest BCUT2D eigenvalue weighted by Gasteiger charge is 2.25. The molecule has 0 spiro atoms. The molecule has 0 aliphatic rings. The number of carbonyl (C=O) groups is 3. The van der Waals surface area contributed by atoms with Gasteiger partial charge in [0.05, 0.1) is 34.4 Å². The zero-order valence-electron chi connectivity index (χ0n) is 50.0. The summed E-state index contributed by atoms with van der Waals surface area (Å²) >= 11 is 0. The summed E-state index contributed by atoms with van der Waals surface area (Å²) in [4.78, 5) is 37.5. The van der Waals surface area contributed by atoms with Crippen molar-refractivity contribution in [1.29, 1.82) is 0 Å². The minimum Gasteiger partial charge on any atom is -0.477 e. The molecule has 0 aliphatic carbocycles. The van der Waals surface area contributed by atoms with E-state index in [2.05, 4.69) is 62.5 Å². The fourth-order valence-electron chi connectivity index (χ4n) is 9.24. The average Bonchev–Trinajstić information content (AvgIpc) is 3.38. The third kappa shape index (κ3) is 58.8. The van der Waals surface area contributed by atoms with Crippen molar-refractivity contribution in [1.82, 2.24) is 0 Å². The standard InChI is InChI=1S/C66H121NO8/c1-6-8-10-12-14-16-18-20-22-24-26-27-28-29-30-31-32-33-34-35-36-37-39-41-43-45-47-49-51-53-55-57-64(69)75-62(61-74-66(65(70)71)72-59-58-67(3,4)5)60-73-63(68)56-54-52-50-48-46-44-42-40-38-25-23-21-19-17-15-13-11-9-7-2/h8,10,14,16,20,22,26-27,62,66H,6-7,9,11-13,15,17-19,21,23-25,28-61H2,1-5H3/p+1/b10-8-,16-14-,22-20-,27-26-. The van der Waals surface area contributed by atoms with E-state index in [0.717, 1.165) is 64.2 Å². The van der Waals surface area contributed by atoms with E-state index < -0.39 is 18.4 Å². The summed E-state index contributed by atoms with van der Waals surface area (Å²) in [6, 6.07) is 0. The minimum absolute atomic E-state index is 0.177. The van der Waals surface area contributed by atoms with Gasteiger partial charge in [-0.3, -0.25) is 9.59 Å². The van der Waals surface area contributed by atoms with Crippen molar-refractivity contribution in [3.05, 3.63) is 48.6 Å². The van der Waals surface area contributed by atoms with Crippen molar-refractivity contribution < 1.29 is 42.9 Å². The highest BCUT2D eigenvalue weighted by atomic mass is 16.7. The molecule has 2 atom stereocenters. The first-order valence-corrected chi connectivity index (χ1v) is 31.8. The highest BCUT2D eigenvalue weighted by molar-refractivity contribution is 5.71. The van der Waals surface area contributed by atoms with Gasteiger partial charge in [-0.2, -0.15) is 0 Å². The van der Waals surface area contributed by atoms with Crippen LogP contribution >= 0.6 is 0 Å². The maximum atomic E-state index is 12.9. The van der Waals surface area contributed by atoms with E-state index in [9.17, 15) is 19.5 Å². The fourth-order valence-corrected chi connectivity index (χ4v) is 9.24. The summed E-state index contributed by atoms with van der Waals surface area (Å²) in [6.07, 6.45) is 69.2. The van der Waals surface area contributed by atoms with Gasteiger partial charge in [0.15, 0.2) is 6.10 Å². The Bertz CT molecular complexity index is 1370.